The van der Waals surface area contributed by atoms with Crippen LogP contribution >= 0.6 is 11.6 Å². The SMILES string of the molecule is O=C(NS(=O)(=O)Cc1ccccc1)C1(c2ccccc2Cl)CC1. The van der Waals surface area contributed by atoms with E-state index in [2.05, 4.69) is 4.72 Å². The number of benzene rings is 2. The van der Waals surface area contributed by atoms with Crippen LogP contribution in [0.15, 0.2) is 54.6 Å². The van der Waals surface area contributed by atoms with Crippen molar-refractivity contribution in [3.63, 3.8) is 0 Å². The van der Waals surface area contributed by atoms with Gasteiger partial charge in [-0.15, -0.1) is 0 Å². The molecule has 0 unspecified atom stereocenters. The fraction of sp³-hybridized carbons (Fsp3) is 0.235. The molecule has 0 atom stereocenters. The summed E-state index contributed by atoms with van der Waals surface area (Å²) >= 11 is 6.16. The van der Waals surface area contributed by atoms with Crippen molar-refractivity contribution in [2.24, 2.45) is 0 Å². The lowest BCUT2D eigenvalue weighted by Gasteiger charge is -2.17. The Hall–Kier alpha value is -1.85. The van der Waals surface area contributed by atoms with Gasteiger partial charge < -0.3 is 0 Å². The Balaban J connectivity index is 1.78. The van der Waals surface area contributed by atoms with Crippen LogP contribution in [0.4, 0.5) is 0 Å². The van der Waals surface area contributed by atoms with Crippen LogP contribution in [0.25, 0.3) is 0 Å². The first-order chi connectivity index (χ1) is 10.9. The zero-order valence-corrected chi connectivity index (χ0v) is 13.9. The maximum Gasteiger partial charge on any atom is 0.244 e. The van der Waals surface area contributed by atoms with Crippen LogP contribution in [-0.4, -0.2) is 14.3 Å². The smallest absolute Gasteiger partial charge is 0.244 e. The van der Waals surface area contributed by atoms with Crippen molar-refractivity contribution in [3.05, 3.63) is 70.7 Å². The summed E-state index contributed by atoms with van der Waals surface area (Å²) in [4.78, 5) is 12.5. The molecular weight excluding hydrogens is 334 g/mol. The molecule has 0 aromatic heterocycles. The summed E-state index contributed by atoms with van der Waals surface area (Å²) < 4.78 is 26.7. The van der Waals surface area contributed by atoms with Crippen molar-refractivity contribution in [1.82, 2.24) is 4.72 Å². The first-order valence-electron chi connectivity index (χ1n) is 7.27. The quantitative estimate of drug-likeness (QED) is 0.902. The molecule has 2 aromatic rings. The lowest BCUT2D eigenvalue weighted by atomic mass is 9.95. The monoisotopic (exact) mass is 349 g/mol. The van der Waals surface area contributed by atoms with E-state index in [-0.39, 0.29) is 5.75 Å². The minimum atomic E-state index is -3.74. The predicted molar refractivity (Wildman–Crippen MR) is 89.6 cm³/mol. The molecule has 0 saturated heterocycles. The molecule has 0 radical (unpaired) electrons. The molecule has 4 nitrogen and oxygen atoms in total. The van der Waals surface area contributed by atoms with Crippen molar-refractivity contribution >= 4 is 27.5 Å². The molecule has 1 N–H and O–H groups in total. The van der Waals surface area contributed by atoms with E-state index < -0.39 is 21.3 Å². The largest absolute Gasteiger partial charge is 0.273 e. The highest BCUT2D eigenvalue weighted by molar-refractivity contribution is 7.89. The third-order valence-corrected chi connectivity index (χ3v) is 5.56. The number of carbonyl (C=O) groups excluding carboxylic acids is 1. The number of rotatable bonds is 5. The van der Waals surface area contributed by atoms with Crippen molar-refractivity contribution in [3.8, 4) is 0 Å². The summed E-state index contributed by atoms with van der Waals surface area (Å²) in [5.41, 5.74) is 0.506. The van der Waals surface area contributed by atoms with Gasteiger partial charge in [0.15, 0.2) is 0 Å². The molecule has 1 fully saturated rings. The van der Waals surface area contributed by atoms with Gasteiger partial charge >= 0.3 is 0 Å². The second-order valence-electron chi connectivity index (χ2n) is 5.74. The van der Waals surface area contributed by atoms with Gasteiger partial charge in [0.25, 0.3) is 0 Å². The zero-order valence-electron chi connectivity index (χ0n) is 12.3. The van der Waals surface area contributed by atoms with E-state index in [1.54, 1.807) is 48.5 Å². The van der Waals surface area contributed by atoms with Crippen LogP contribution in [0.5, 0.6) is 0 Å². The number of nitrogens with one attached hydrogen (secondary N) is 1. The Morgan fingerprint density at radius 3 is 2.26 bits per heavy atom. The Labute approximate surface area is 140 Å². The normalized spacial score (nSPS) is 15.9. The van der Waals surface area contributed by atoms with Crippen LogP contribution in [-0.2, 0) is 26.0 Å². The van der Waals surface area contributed by atoms with E-state index in [1.807, 2.05) is 6.07 Å². The number of hydrogen-bond acceptors (Lipinski definition) is 3. The van der Waals surface area contributed by atoms with Gasteiger partial charge in [-0.1, -0.05) is 60.1 Å². The Bertz CT molecular complexity index is 830. The molecule has 1 aliphatic rings. The van der Waals surface area contributed by atoms with Crippen molar-refractivity contribution in [2.45, 2.75) is 24.0 Å². The molecule has 1 amide bonds. The van der Waals surface area contributed by atoms with E-state index in [4.69, 9.17) is 11.6 Å². The van der Waals surface area contributed by atoms with Gasteiger partial charge in [0.1, 0.15) is 0 Å². The minimum absolute atomic E-state index is 0.224. The molecule has 1 aliphatic carbocycles. The van der Waals surface area contributed by atoms with Crippen LogP contribution in [0.3, 0.4) is 0 Å². The molecule has 0 spiro atoms. The third-order valence-electron chi connectivity index (χ3n) is 4.02. The highest BCUT2D eigenvalue weighted by atomic mass is 35.5. The summed E-state index contributed by atoms with van der Waals surface area (Å²) in [6.45, 7) is 0. The van der Waals surface area contributed by atoms with Crippen LogP contribution in [0.2, 0.25) is 5.02 Å². The molecule has 1 saturated carbocycles. The lowest BCUT2D eigenvalue weighted by Crippen LogP contribution is -2.39. The van der Waals surface area contributed by atoms with Crippen molar-refractivity contribution in [2.75, 3.05) is 0 Å². The fourth-order valence-electron chi connectivity index (χ4n) is 2.66. The van der Waals surface area contributed by atoms with Crippen LogP contribution in [0, 0.1) is 0 Å². The summed E-state index contributed by atoms with van der Waals surface area (Å²) in [6.07, 6.45) is 1.20. The Morgan fingerprint density at radius 1 is 1.04 bits per heavy atom. The number of hydrogen-bond donors (Lipinski definition) is 1. The summed E-state index contributed by atoms with van der Waals surface area (Å²) in [7, 11) is -3.74. The first-order valence-corrected chi connectivity index (χ1v) is 9.30. The number of halogens is 1. The second-order valence-corrected chi connectivity index (χ2v) is 7.87. The molecule has 23 heavy (non-hydrogen) atoms. The van der Waals surface area contributed by atoms with Gasteiger partial charge in [-0.2, -0.15) is 0 Å². The maximum absolute atomic E-state index is 12.5. The second kappa shape index (κ2) is 5.98. The van der Waals surface area contributed by atoms with Gasteiger partial charge in [-0.3, -0.25) is 9.52 Å². The lowest BCUT2D eigenvalue weighted by molar-refractivity contribution is -0.121. The van der Waals surface area contributed by atoms with E-state index in [1.165, 1.54) is 0 Å². The Morgan fingerprint density at radius 2 is 1.65 bits per heavy atom. The number of amides is 1. The van der Waals surface area contributed by atoms with Crippen LogP contribution < -0.4 is 4.72 Å². The third kappa shape index (κ3) is 3.41. The number of sulfonamides is 1. The Kier molecular flexibility index (Phi) is 4.17. The van der Waals surface area contributed by atoms with Gasteiger partial charge in [-0.05, 0) is 30.0 Å². The average Bonchev–Trinajstić information content (AvgIpc) is 3.29. The summed E-state index contributed by atoms with van der Waals surface area (Å²) in [5, 5.41) is 0.487. The maximum atomic E-state index is 12.5. The molecule has 2 aromatic carbocycles. The number of carbonyl (C=O) groups is 1. The van der Waals surface area contributed by atoms with Crippen molar-refractivity contribution in [1.29, 1.82) is 0 Å². The predicted octanol–water partition coefficient (Wildman–Crippen LogP) is 3.02. The molecule has 0 bridgehead atoms. The van der Waals surface area contributed by atoms with Gasteiger partial charge in [0.05, 0.1) is 11.2 Å². The highest BCUT2D eigenvalue weighted by Gasteiger charge is 2.53. The topological polar surface area (TPSA) is 63.2 Å². The molecule has 120 valence electrons. The molecule has 3 rings (SSSR count). The highest BCUT2D eigenvalue weighted by Crippen LogP contribution is 2.50. The van der Waals surface area contributed by atoms with E-state index >= 15 is 0 Å². The van der Waals surface area contributed by atoms with Gasteiger partial charge in [-0.25, -0.2) is 8.42 Å². The fourth-order valence-corrected chi connectivity index (χ4v) is 4.16. The summed E-state index contributed by atoms with van der Waals surface area (Å²) in [6, 6.07) is 15.8. The standard InChI is InChI=1S/C17H16ClNO3S/c18-15-9-5-4-8-14(15)17(10-11-17)16(20)19-23(21,22)12-13-6-2-1-3-7-13/h1-9H,10-12H2,(H,19,20). The molecular formula is C17H16ClNO3S. The van der Waals surface area contributed by atoms with Gasteiger partial charge in [0, 0.05) is 5.02 Å². The van der Waals surface area contributed by atoms with Gasteiger partial charge in [0.2, 0.25) is 15.9 Å². The summed E-state index contributed by atoms with van der Waals surface area (Å²) in [5.74, 6) is -0.723. The van der Waals surface area contributed by atoms with E-state index in [9.17, 15) is 13.2 Å². The zero-order chi connectivity index (χ0) is 16.5. The van der Waals surface area contributed by atoms with Crippen molar-refractivity contribution < 1.29 is 13.2 Å². The van der Waals surface area contributed by atoms with Crippen LogP contribution in [0.1, 0.15) is 24.0 Å². The van der Waals surface area contributed by atoms with E-state index in [0.29, 0.717) is 29.0 Å². The minimum Gasteiger partial charge on any atom is -0.273 e. The molecule has 6 heteroatoms. The average molecular weight is 350 g/mol. The first kappa shape index (κ1) is 16.0. The van der Waals surface area contributed by atoms with E-state index in [0.717, 1.165) is 0 Å². The molecule has 0 heterocycles. The molecule has 0 aliphatic heterocycles.